The predicted octanol–water partition coefficient (Wildman–Crippen LogP) is 10.7. The summed E-state index contributed by atoms with van der Waals surface area (Å²) in [7, 11) is 0. The molecular weight excluding hydrogens is 690 g/mol. The second kappa shape index (κ2) is 13.4. The highest BCUT2D eigenvalue weighted by Gasteiger charge is 2.71. The molecule has 1 aromatic rings. The van der Waals surface area contributed by atoms with E-state index in [0.717, 1.165) is 61.7 Å². The van der Waals surface area contributed by atoms with Crippen LogP contribution in [0.15, 0.2) is 35.4 Å². The van der Waals surface area contributed by atoms with Crippen molar-refractivity contribution < 1.29 is 33.8 Å². The van der Waals surface area contributed by atoms with Crippen LogP contribution in [0.3, 0.4) is 0 Å². The fraction of sp³-hybridized carbons (Fsp3) is 0.727. The maximum absolute atomic E-state index is 15.1. The smallest absolute Gasteiger partial charge is 0.450 e. The highest BCUT2D eigenvalue weighted by atomic mass is 35.5. The van der Waals surface area contributed by atoms with E-state index in [1.165, 1.54) is 4.90 Å². The monoisotopic (exact) mass is 751 g/mol. The van der Waals surface area contributed by atoms with Crippen LogP contribution in [0.2, 0.25) is 5.02 Å². The van der Waals surface area contributed by atoms with Crippen molar-refractivity contribution in [2.45, 2.75) is 145 Å². The number of benzene rings is 1. The first-order valence-electron chi connectivity index (χ1n) is 19.9. The number of allylic oxidation sites excluding steroid dienone is 2. The molecule has 6 rings (SSSR count). The molecule has 9 heteroatoms. The number of halogens is 1. The quantitative estimate of drug-likeness (QED) is 0.276. The third-order valence-electron chi connectivity index (χ3n) is 15.4. The van der Waals surface area contributed by atoms with E-state index >= 15 is 4.79 Å². The molecule has 0 radical (unpaired) electrons. The Morgan fingerprint density at radius 3 is 2.17 bits per heavy atom. The van der Waals surface area contributed by atoms with Gasteiger partial charge in [-0.3, -0.25) is 14.5 Å². The number of carbonyl (C=O) groups is 4. The molecule has 5 aliphatic rings. The number of carboxylic acid groups (broad SMARTS) is 1. The van der Waals surface area contributed by atoms with Crippen LogP contribution < -0.4 is 0 Å². The summed E-state index contributed by atoms with van der Waals surface area (Å²) in [5.74, 6) is 0.820. The molecule has 0 aliphatic heterocycles. The summed E-state index contributed by atoms with van der Waals surface area (Å²) in [4.78, 5) is 56.2. The van der Waals surface area contributed by atoms with Crippen molar-refractivity contribution in [3.63, 3.8) is 0 Å². The van der Waals surface area contributed by atoms with Crippen molar-refractivity contribution in [3.8, 4) is 0 Å². The standard InChI is InChI=1S/C44H62ClNO7/c1-26(2)35-30(47)23-44(33(48)25-46(37(49)53-39(3,4)5)24-27-11-13-28(45)14-12-27)22-21-42(9)29(36(35)44)15-16-32-41(8)19-18-34(52-38(50)51)40(6,7)31(41)17-20-43(32,42)10/h11-14,26,29,31-32,34H,15-25H2,1-10H3,(H,50,51)/t29-,31+,32-,34+,41+,42-,43-,44+/m1/s1. The van der Waals surface area contributed by atoms with E-state index in [2.05, 4.69) is 48.5 Å². The van der Waals surface area contributed by atoms with Crippen molar-refractivity contribution in [3.05, 3.63) is 46.0 Å². The molecule has 0 aromatic heterocycles. The van der Waals surface area contributed by atoms with Gasteiger partial charge in [0, 0.05) is 23.4 Å². The van der Waals surface area contributed by atoms with Crippen LogP contribution in [-0.2, 0) is 25.6 Å². The molecule has 0 spiro atoms. The largest absolute Gasteiger partial charge is 0.506 e. The Hall–Kier alpha value is -2.87. The molecule has 0 heterocycles. The Bertz CT molecular complexity index is 1690. The lowest BCUT2D eigenvalue weighted by atomic mass is 9.33. The van der Waals surface area contributed by atoms with Crippen LogP contribution >= 0.6 is 11.6 Å². The molecule has 1 N–H and O–H groups in total. The first kappa shape index (κ1) is 39.8. The molecule has 5 aliphatic carbocycles. The Kier molecular flexibility index (Phi) is 10.1. The fourth-order valence-corrected chi connectivity index (χ4v) is 13.0. The topological polar surface area (TPSA) is 110 Å². The maximum Gasteiger partial charge on any atom is 0.506 e. The van der Waals surface area contributed by atoms with Crippen LogP contribution in [0.5, 0.6) is 0 Å². The van der Waals surface area contributed by atoms with Gasteiger partial charge < -0.3 is 14.6 Å². The Morgan fingerprint density at radius 2 is 1.57 bits per heavy atom. The summed E-state index contributed by atoms with van der Waals surface area (Å²) in [6.07, 6.45) is 5.07. The lowest BCUT2D eigenvalue weighted by molar-refractivity contribution is -0.229. The number of ketones is 2. The van der Waals surface area contributed by atoms with Gasteiger partial charge in [0.05, 0.1) is 12.0 Å². The van der Waals surface area contributed by atoms with E-state index in [1.807, 2.05) is 32.9 Å². The van der Waals surface area contributed by atoms with E-state index in [0.29, 0.717) is 23.3 Å². The number of amides is 1. The van der Waals surface area contributed by atoms with Crippen LogP contribution in [0.1, 0.15) is 133 Å². The average Bonchev–Trinajstić information content (AvgIpc) is 3.36. The van der Waals surface area contributed by atoms with Crippen LogP contribution in [-0.4, -0.2) is 52.1 Å². The van der Waals surface area contributed by atoms with Gasteiger partial charge in [0.1, 0.15) is 11.7 Å². The minimum atomic E-state index is -1.19. The van der Waals surface area contributed by atoms with Gasteiger partial charge in [-0.15, -0.1) is 0 Å². The molecule has 53 heavy (non-hydrogen) atoms. The van der Waals surface area contributed by atoms with Crippen molar-refractivity contribution >= 4 is 35.4 Å². The van der Waals surface area contributed by atoms with Crippen LogP contribution in [0.25, 0.3) is 0 Å². The zero-order chi connectivity index (χ0) is 39.1. The summed E-state index contributed by atoms with van der Waals surface area (Å²) in [5.41, 5.74) is 0.613. The van der Waals surface area contributed by atoms with Crippen molar-refractivity contribution in [1.29, 1.82) is 0 Å². The maximum atomic E-state index is 15.1. The molecule has 1 aromatic carbocycles. The molecule has 0 bridgehead atoms. The van der Waals surface area contributed by atoms with Crippen molar-refractivity contribution in [1.82, 2.24) is 4.90 Å². The van der Waals surface area contributed by atoms with Gasteiger partial charge in [0.2, 0.25) is 0 Å². The molecule has 8 atom stereocenters. The second-order valence-corrected chi connectivity index (χ2v) is 20.3. The number of nitrogens with zero attached hydrogens (tertiary/aromatic N) is 1. The number of fused-ring (bicyclic) bond motifs is 7. The van der Waals surface area contributed by atoms with Gasteiger partial charge in [0.15, 0.2) is 11.6 Å². The molecular formula is C44H62ClNO7. The highest BCUT2D eigenvalue weighted by Crippen LogP contribution is 2.76. The number of hydrogen-bond donors (Lipinski definition) is 1. The predicted molar refractivity (Wildman–Crippen MR) is 205 cm³/mol. The summed E-state index contributed by atoms with van der Waals surface area (Å²) in [5, 5.41) is 10.1. The van der Waals surface area contributed by atoms with Gasteiger partial charge in [-0.05, 0) is 141 Å². The fourth-order valence-electron chi connectivity index (χ4n) is 12.9. The SMILES string of the molecule is CC(C)C1=C2[C@H]3CC[C@@H]4[C@@]5(C)CC[C@H](OC(=O)O)C(C)(C)[C@@H]5CC[C@@]4(C)[C@]3(C)CC[C@@]2(C(=O)CN(Cc2ccc(Cl)cc2)C(=O)OC(C)(C)C)CC1=O. The Morgan fingerprint density at radius 1 is 0.906 bits per heavy atom. The van der Waals surface area contributed by atoms with Crippen molar-refractivity contribution in [2.24, 2.45) is 50.7 Å². The number of hydrogen-bond acceptors (Lipinski definition) is 6. The van der Waals surface area contributed by atoms with Crippen LogP contribution in [0.4, 0.5) is 9.59 Å². The summed E-state index contributed by atoms with van der Waals surface area (Å²) in [6, 6.07) is 7.27. The number of carbonyl (C=O) groups excluding carboxylic acids is 3. The number of ether oxygens (including phenoxy) is 2. The zero-order valence-electron chi connectivity index (χ0n) is 33.7. The van der Waals surface area contributed by atoms with Gasteiger partial charge in [0.25, 0.3) is 0 Å². The minimum Gasteiger partial charge on any atom is -0.450 e. The molecule has 1 amide bonds. The lowest BCUT2D eigenvalue weighted by Crippen LogP contribution is -2.66. The third-order valence-corrected chi connectivity index (χ3v) is 15.7. The molecule has 8 nitrogen and oxygen atoms in total. The van der Waals surface area contributed by atoms with E-state index in [9.17, 15) is 19.5 Å². The molecule has 0 unspecified atom stereocenters. The number of Topliss-reactive ketones (excluding diaryl/α,β-unsaturated/α-hetero) is 2. The summed E-state index contributed by atoms with van der Waals surface area (Å²) in [6.45, 7) is 21.5. The van der Waals surface area contributed by atoms with E-state index < -0.39 is 23.3 Å². The summed E-state index contributed by atoms with van der Waals surface area (Å²) >= 11 is 6.17. The van der Waals surface area contributed by atoms with E-state index in [1.54, 1.807) is 12.1 Å². The second-order valence-electron chi connectivity index (χ2n) is 19.9. The van der Waals surface area contributed by atoms with Gasteiger partial charge in [-0.25, -0.2) is 9.59 Å². The van der Waals surface area contributed by atoms with Crippen LogP contribution in [0, 0.1) is 50.7 Å². The number of rotatable bonds is 7. The minimum absolute atomic E-state index is 0.0174. The third kappa shape index (κ3) is 6.44. The Balaban J connectivity index is 1.36. The molecule has 4 saturated carbocycles. The van der Waals surface area contributed by atoms with Gasteiger partial charge >= 0.3 is 12.2 Å². The normalized spacial score (nSPS) is 36.2. The first-order valence-corrected chi connectivity index (χ1v) is 20.3. The van der Waals surface area contributed by atoms with Gasteiger partial charge in [-0.2, -0.15) is 0 Å². The van der Waals surface area contributed by atoms with Crippen molar-refractivity contribution in [2.75, 3.05) is 6.54 Å². The highest BCUT2D eigenvalue weighted by molar-refractivity contribution is 6.30. The molecule has 4 fully saturated rings. The zero-order valence-corrected chi connectivity index (χ0v) is 34.5. The average molecular weight is 752 g/mol. The lowest BCUT2D eigenvalue weighted by Gasteiger charge is -2.72. The Labute approximate surface area is 321 Å². The van der Waals surface area contributed by atoms with Gasteiger partial charge in [-0.1, -0.05) is 72.2 Å². The molecule has 292 valence electrons. The van der Waals surface area contributed by atoms with E-state index in [4.69, 9.17) is 21.1 Å². The van der Waals surface area contributed by atoms with E-state index in [-0.39, 0.29) is 70.7 Å². The molecule has 0 saturated heterocycles. The first-order chi connectivity index (χ1) is 24.5. The summed E-state index contributed by atoms with van der Waals surface area (Å²) < 4.78 is 11.3.